The van der Waals surface area contributed by atoms with E-state index in [-0.39, 0.29) is 29.4 Å². The summed E-state index contributed by atoms with van der Waals surface area (Å²) in [6.07, 6.45) is 4.16. The van der Waals surface area contributed by atoms with Crippen molar-refractivity contribution in [3.8, 4) is 17.3 Å². The maximum Gasteiger partial charge on any atom is 0.227 e. The summed E-state index contributed by atoms with van der Waals surface area (Å²) in [6, 6.07) is 17.7. The first-order valence-electron chi connectivity index (χ1n) is 10.9. The Labute approximate surface area is 208 Å². The van der Waals surface area contributed by atoms with Crippen molar-refractivity contribution in [1.29, 1.82) is 5.26 Å². The molecule has 9 nitrogen and oxygen atoms in total. The first-order chi connectivity index (χ1) is 16.2. The number of aliphatic hydroxyl groups excluding tert-OH is 1. The number of rotatable bonds is 10. The van der Waals surface area contributed by atoms with Crippen LogP contribution in [-0.4, -0.2) is 45.1 Å². The average Bonchev–Trinajstić information content (AvgIpc) is 3.69. The molecule has 1 amide bonds. The summed E-state index contributed by atoms with van der Waals surface area (Å²) in [5.74, 6) is 1.58. The number of anilines is 1. The number of benzene rings is 2. The number of nitrogens with one attached hydrogen (secondary N) is 2. The summed E-state index contributed by atoms with van der Waals surface area (Å²) in [4.78, 5) is 21.2. The van der Waals surface area contributed by atoms with Gasteiger partial charge in [-0.15, -0.1) is 0 Å². The summed E-state index contributed by atoms with van der Waals surface area (Å²) in [6.45, 7) is 0.702. The number of nitrogens with zero attached hydrogens (tertiary/aromatic N) is 3. The minimum atomic E-state index is -0.0189. The average molecular weight is 496 g/mol. The first-order valence-corrected chi connectivity index (χ1v) is 11.9. The number of carbonyl (C=O) groups excluding carboxylic acids is 1. The van der Waals surface area contributed by atoms with Gasteiger partial charge in [-0.1, -0.05) is 42.3 Å². The van der Waals surface area contributed by atoms with Crippen LogP contribution in [0.15, 0.2) is 54.7 Å². The van der Waals surface area contributed by atoms with Crippen LogP contribution < -0.4 is 10.0 Å². The monoisotopic (exact) mass is 495 g/mol. The van der Waals surface area contributed by atoms with Crippen LogP contribution in [0.5, 0.6) is 0 Å². The first kappa shape index (κ1) is 27.9. The van der Waals surface area contributed by atoms with Crippen molar-refractivity contribution in [2.24, 2.45) is 5.92 Å². The fourth-order valence-corrected chi connectivity index (χ4v) is 4.02. The third kappa shape index (κ3) is 7.85. The molecule has 1 aliphatic rings. The van der Waals surface area contributed by atoms with Crippen molar-refractivity contribution in [3.63, 3.8) is 0 Å². The van der Waals surface area contributed by atoms with E-state index in [2.05, 4.69) is 50.3 Å². The van der Waals surface area contributed by atoms with Gasteiger partial charge in [0, 0.05) is 36.4 Å². The summed E-state index contributed by atoms with van der Waals surface area (Å²) < 4.78 is 3.09. The fourth-order valence-electron chi connectivity index (χ4n) is 3.32. The van der Waals surface area contributed by atoms with E-state index in [1.54, 1.807) is 30.3 Å². The molecule has 2 aromatic carbocycles. The molecular weight excluding hydrogens is 466 g/mol. The maximum atomic E-state index is 12.1. The number of aromatic nitrogens is 2. The molecule has 0 spiro atoms. The number of amides is 1. The minimum Gasteiger partial charge on any atom is -0.412 e. The van der Waals surface area contributed by atoms with Crippen molar-refractivity contribution >= 4 is 23.5 Å². The van der Waals surface area contributed by atoms with Crippen LogP contribution in [0.3, 0.4) is 0 Å². The van der Waals surface area contributed by atoms with Gasteiger partial charge < -0.3 is 21.4 Å². The standard InChI is InChI=1S/C25H25N5O2S.2H2O/c26-15-21-14-20(7-8-22(21)30-25(32)19-5-6-19)23-9-10-27-24(29-23)13-17-1-3-18(4-2-17)16-33-28-11-12-31;;/h1-4,7-10,14,19,28,31H,5-6,11-13,16H2,(H,30,32);2*1H2. The molecule has 3 aromatic rings. The van der Waals surface area contributed by atoms with E-state index in [0.717, 1.165) is 35.4 Å². The lowest BCUT2D eigenvalue weighted by molar-refractivity contribution is -0.117. The van der Waals surface area contributed by atoms with Gasteiger partial charge in [0.2, 0.25) is 5.91 Å². The molecule has 1 aliphatic carbocycles. The Balaban J connectivity index is 0.00000216. The molecule has 0 unspecified atom stereocenters. The van der Waals surface area contributed by atoms with E-state index in [4.69, 9.17) is 5.11 Å². The van der Waals surface area contributed by atoms with Gasteiger partial charge in [0.1, 0.15) is 11.9 Å². The molecular formula is C25H29N5O4S. The number of hydrogen-bond acceptors (Lipinski definition) is 7. The highest BCUT2D eigenvalue weighted by atomic mass is 32.2. The second-order valence-electron chi connectivity index (χ2n) is 7.89. The Morgan fingerprint density at radius 1 is 1.11 bits per heavy atom. The van der Waals surface area contributed by atoms with Crippen LogP contribution in [0.25, 0.3) is 11.3 Å². The third-order valence-electron chi connectivity index (χ3n) is 5.29. The number of carbonyl (C=O) groups is 1. The highest BCUT2D eigenvalue weighted by Crippen LogP contribution is 2.31. The van der Waals surface area contributed by atoms with Gasteiger partial charge in [-0.25, -0.2) is 9.97 Å². The summed E-state index contributed by atoms with van der Waals surface area (Å²) in [5, 5.41) is 21.2. The quantitative estimate of drug-likeness (QED) is 0.285. The van der Waals surface area contributed by atoms with Crippen molar-refractivity contribution < 1.29 is 20.9 Å². The predicted molar refractivity (Wildman–Crippen MR) is 136 cm³/mol. The molecule has 10 heteroatoms. The minimum absolute atomic E-state index is 0. The number of aliphatic hydroxyl groups is 1. The highest BCUT2D eigenvalue weighted by Gasteiger charge is 2.30. The van der Waals surface area contributed by atoms with E-state index >= 15 is 0 Å². The molecule has 1 fully saturated rings. The Hall–Kier alpha value is -3.33. The molecule has 35 heavy (non-hydrogen) atoms. The van der Waals surface area contributed by atoms with Gasteiger partial charge in [0.25, 0.3) is 0 Å². The van der Waals surface area contributed by atoms with Crippen LogP contribution in [0.2, 0.25) is 0 Å². The van der Waals surface area contributed by atoms with Crippen LogP contribution in [0, 0.1) is 17.2 Å². The van der Waals surface area contributed by atoms with Crippen molar-refractivity contribution in [2.45, 2.75) is 25.0 Å². The molecule has 1 saturated carbocycles. The van der Waals surface area contributed by atoms with Gasteiger partial charge in [-0.3, -0.25) is 9.52 Å². The Bertz CT molecular complexity index is 1160. The predicted octanol–water partition coefficient (Wildman–Crippen LogP) is 2.04. The lowest BCUT2D eigenvalue weighted by Gasteiger charge is -2.09. The smallest absolute Gasteiger partial charge is 0.227 e. The molecule has 0 saturated heterocycles. The van der Waals surface area contributed by atoms with Gasteiger partial charge in [0.05, 0.1) is 23.6 Å². The van der Waals surface area contributed by atoms with Crippen LogP contribution in [0.1, 0.15) is 35.4 Å². The summed E-state index contributed by atoms with van der Waals surface area (Å²) in [5.41, 5.74) is 4.81. The van der Waals surface area contributed by atoms with E-state index in [1.165, 1.54) is 5.56 Å². The normalized spacial score (nSPS) is 12.1. The lowest BCUT2D eigenvalue weighted by Crippen LogP contribution is -2.14. The number of nitriles is 1. The molecule has 1 aromatic heterocycles. The summed E-state index contributed by atoms with van der Waals surface area (Å²) in [7, 11) is 0. The molecule has 0 aliphatic heterocycles. The molecule has 0 atom stereocenters. The van der Waals surface area contributed by atoms with Gasteiger partial charge in [-0.2, -0.15) is 5.26 Å². The summed E-state index contributed by atoms with van der Waals surface area (Å²) >= 11 is 1.57. The van der Waals surface area contributed by atoms with Crippen molar-refractivity contribution in [1.82, 2.24) is 14.7 Å². The highest BCUT2D eigenvalue weighted by molar-refractivity contribution is 7.96. The van der Waals surface area contributed by atoms with Crippen molar-refractivity contribution in [2.75, 3.05) is 18.5 Å². The van der Waals surface area contributed by atoms with Crippen LogP contribution >= 0.6 is 11.9 Å². The molecule has 184 valence electrons. The topological polar surface area (TPSA) is 174 Å². The third-order valence-corrected chi connectivity index (χ3v) is 6.17. The van der Waals surface area contributed by atoms with Gasteiger partial charge in [-0.05, 0) is 42.2 Å². The van der Waals surface area contributed by atoms with Gasteiger partial charge in [0.15, 0.2) is 0 Å². The van der Waals surface area contributed by atoms with E-state index in [9.17, 15) is 10.1 Å². The Morgan fingerprint density at radius 3 is 2.54 bits per heavy atom. The molecule has 4 rings (SSSR count). The zero-order valence-corrected chi connectivity index (χ0v) is 19.9. The molecule has 0 bridgehead atoms. The van der Waals surface area contributed by atoms with Crippen LogP contribution in [-0.2, 0) is 17.0 Å². The molecule has 0 radical (unpaired) electrons. The molecule has 7 N–H and O–H groups in total. The fraction of sp³-hybridized carbons (Fsp3) is 0.280. The molecule has 1 heterocycles. The Kier molecular flexibility index (Phi) is 10.8. The van der Waals surface area contributed by atoms with Crippen LogP contribution in [0.4, 0.5) is 5.69 Å². The SMILES string of the molecule is N#Cc1cc(-c2ccnc(Cc3ccc(CSNCCO)cc3)n2)ccc1NC(=O)C1CC1.O.O. The second-order valence-corrected chi connectivity index (χ2v) is 8.76. The zero-order valence-electron chi connectivity index (χ0n) is 19.1. The van der Waals surface area contributed by atoms with Gasteiger partial charge >= 0.3 is 0 Å². The maximum absolute atomic E-state index is 12.1. The largest absolute Gasteiger partial charge is 0.412 e. The lowest BCUT2D eigenvalue weighted by atomic mass is 10.1. The Morgan fingerprint density at radius 2 is 1.86 bits per heavy atom. The number of hydrogen-bond donors (Lipinski definition) is 3. The van der Waals surface area contributed by atoms with Crippen molar-refractivity contribution in [3.05, 3.63) is 77.2 Å². The van der Waals surface area contributed by atoms with E-state index < -0.39 is 0 Å². The van der Waals surface area contributed by atoms with E-state index in [0.29, 0.717) is 30.0 Å². The second kappa shape index (κ2) is 13.5. The zero-order chi connectivity index (χ0) is 23.0. The van der Waals surface area contributed by atoms with E-state index in [1.807, 2.05) is 12.1 Å².